The van der Waals surface area contributed by atoms with E-state index in [0.29, 0.717) is 16.3 Å². The third-order valence-electron chi connectivity index (χ3n) is 3.40. The quantitative estimate of drug-likeness (QED) is 0.796. The lowest BCUT2D eigenvalue weighted by Gasteiger charge is -2.15. The van der Waals surface area contributed by atoms with Crippen molar-refractivity contribution in [1.82, 2.24) is 9.78 Å². The van der Waals surface area contributed by atoms with E-state index in [9.17, 15) is 5.11 Å². The van der Waals surface area contributed by atoms with E-state index in [0.717, 1.165) is 11.3 Å². The second-order valence-electron chi connectivity index (χ2n) is 4.93. The van der Waals surface area contributed by atoms with Crippen LogP contribution in [0.3, 0.4) is 0 Å². The van der Waals surface area contributed by atoms with Gasteiger partial charge in [0.05, 0.1) is 11.4 Å². The van der Waals surface area contributed by atoms with E-state index < -0.39 is 6.10 Å². The van der Waals surface area contributed by atoms with Gasteiger partial charge in [0.25, 0.3) is 0 Å². The molecule has 3 aromatic rings. The fraction of sp³-hybridized carbons (Fsp3) is 0.118. The Hall–Kier alpha value is -2.10. The smallest absolute Gasteiger partial charge is 0.123 e. The van der Waals surface area contributed by atoms with Gasteiger partial charge in [-0.05, 0) is 36.8 Å². The van der Waals surface area contributed by atoms with E-state index in [-0.39, 0.29) is 0 Å². The number of aliphatic hydroxyl groups excluding tert-OH is 1. The molecule has 2 aromatic carbocycles. The van der Waals surface area contributed by atoms with Crippen LogP contribution in [0.4, 0.5) is 0 Å². The maximum atomic E-state index is 10.6. The molecule has 3 nitrogen and oxygen atoms in total. The van der Waals surface area contributed by atoms with Gasteiger partial charge in [0.15, 0.2) is 0 Å². The number of nitrogens with zero attached hydrogens (tertiary/aromatic N) is 2. The van der Waals surface area contributed by atoms with E-state index in [1.807, 2.05) is 55.5 Å². The first-order chi connectivity index (χ1) is 10.2. The molecule has 1 heterocycles. The Morgan fingerprint density at radius 2 is 1.86 bits per heavy atom. The molecule has 0 fully saturated rings. The minimum Gasteiger partial charge on any atom is -0.382 e. The first-order valence-electron chi connectivity index (χ1n) is 6.70. The van der Waals surface area contributed by atoms with E-state index in [4.69, 9.17) is 11.6 Å². The summed E-state index contributed by atoms with van der Waals surface area (Å²) in [6.45, 7) is 1.97. The highest BCUT2D eigenvalue weighted by Gasteiger charge is 2.18. The number of hydrogen-bond acceptors (Lipinski definition) is 2. The lowest BCUT2D eigenvalue weighted by atomic mass is 10.0. The number of para-hydroxylation sites is 1. The Bertz CT molecular complexity index is 752. The minimum absolute atomic E-state index is 0.559. The zero-order chi connectivity index (χ0) is 14.8. The van der Waals surface area contributed by atoms with E-state index in [1.54, 1.807) is 16.9 Å². The highest BCUT2D eigenvalue weighted by Crippen LogP contribution is 2.29. The van der Waals surface area contributed by atoms with Crippen LogP contribution in [-0.4, -0.2) is 14.9 Å². The van der Waals surface area contributed by atoms with Crippen LogP contribution in [-0.2, 0) is 0 Å². The molecule has 1 unspecified atom stereocenters. The number of hydrogen-bond donors (Lipinski definition) is 1. The first kappa shape index (κ1) is 13.9. The summed E-state index contributed by atoms with van der Waals surface area (Å²) in [5.74, 6) is 0. The lowest BCUT2D eigenvalue weighted by molar-refractivity contribution is 0.212. The van der Waals surface area contributed by atoms with Gasteiger partial charge >= 0.3 is 0 Å². The van der Waals surface area contributed by atoms with Crippen LogP contribution in [0.5, 0.6) is 0 Å². The zero-order valence-electron chi connectivity index (χ0n) is 11.6. The Morgan fingerprint density at radius 1 is 1.10 bits per heavy atom. The largest absolute Gasteiger partial charge is 0.382 e. The summed E-state index contributed by atoms with van der Waals surface area (Å²) in [6, 6.07) is 17.1. The Balaban J connectivity index is 2.03. The second-order valence-corrected chi connectivity index (χ2v) is 5.34. The van der Waals surface area contributed by atoms with Crippen molar-refractivity contribution >= 4 is 11.6 Å². The van der Waals surface area contributed by atoms with Crippen LogP contribution in [0.1, 0.15) is 22.9 Å². The SMILES string of the molecule is Cc1ccc(C(O)c2ccnn2-c2ccccc2)c(Cl)c1. The summed E-state index contributed by atoms with van der Waals surface area (Å²) in [5, 5.41) is 15.5. The van der Waals surface area contributed by atoms with Crippen LogP contribution in [0, 0.1) is 6.92 Å². The Kier molecular flexibility index (Phi) is 3.78. The molecule has 1 atom stereocenters. The van der Waals surface area contributed by atoms with Crippen molar-refractivity contribution in [2.24, 2.45) is 0 Å². The summed E-state index contributed by atoms with van der Waals surface area (Å²) in [4.78, 5) is 0. The monoisotopic (exact) mass is 298 g/mol. The van der Waals surface area contributed by atoms with Gasteiger partial charge in [0.1, 0.15) is 6.10 Å². The van der Waals surface area contributed by atoms with E-state index in [2.05, 4.69) is 5.10 Å². The summed E-state index contributed by atoms with van der Waals surface area (Å²) in [5.41, 5.74) is 3.33. The van der Waals surface area contributed by atoms with Crippen LogP contribution in [0.15, 0.2) is 60.8 Å². The van der Waals surface area contributed by atoms with Gasteiger partial charge in [-0.2, -0.15) is 5.10 Å². The van der Waals surface area contributed by atoms with Gasteiger partial charge in [-0.15, -0.1) is 0 Å². The van der Waals surface area contributed by atoms with Crippen molar-refractivity contribution in [1.29, 1.82) is 0 Å². The average Bonchev–Trinajstić information content (AvgIpc) is 2.97. The summed E-state index contributed by atoms with van der Waals surface area (Å²) in [6.07, 6.45) is 0.856. The highest BCUT2D eigenvalue weighted by molar-refractivity contribution is 6.31. The molecule has 0 saturated carbocycles. The zero-order valence-corrected chi connectivity index (χ0v) is 12.3. The van der Waals surface area contributed by atoms with Crippen molar-refractivity contribution in [2.45, 2.75) is 13.0 Å². The number of aliphatic hydroxyl groups is 1. The second kappa shape index (κ2) is 5.72. The summed E-state index contributed by atoms with van der Waals surface area (Å²) in [7, 11) is 0. The highest BCUT2D eigenvalue weighted by atomic mass is 35.5. The predicted octanol–water partition coefficient (Wildman–Crippen LogP) is 3.92. The topological polar surface area (TPSA) is 38.1 Å². The van der Waals surface area contributed by atoms with Gasteiger partial charge in [0.2, 0.25) is 0 Å². The normalized spacial score (nSPS) is 12.3. The van der Waals surface area contributed by atoms with Crippen molar-refractivity contribution in [3.63, 3.8) is 0 Å². The summed E-state index contributed by atoms with van der Waals surface area (Å²) >= 11 is 6.25. The molecule has 21 heavy (non-hydrogen) atoms. The molecule has 0 aliphatic carbocycles. The third-order valence-corrected chi connectivity index (χ3v) is 3.73. The molecule has 0 aliphatic rings. The summed E-state index contributed by atoms with van der Waals surface area (Å²) < 4.78 is 1.72. The van der Waals surface area contributed by atoms with Crippen molar-refractivity contribution in [3.8, 4) is 5.69 Å². The molecule has 106 valence electrons. The fourth-order valence-corrected chi connectivity index (χ4v) is 2.66. The fourth-order valence-electron chi connectivity index (χ4n) is 2.32. The van der Waals surface area contributed by atoms with Crippen molar-refractivity contribution in [3.05, 3.63) is 82.6 Å². The molecule has 1 aromatic heterocycles. The molecule has 3 rings (SSSR count). The minimum atomic E-state index is -0.819. The maximum absolute atomic E-state index is 10.6. The molecular formula is C17H15ClN2O. The molecule has 4 heteroatoms. The maximum Gasteiger partial charge on any atom is 0.123 e. The van der Waals surface area contributed by atoms with Gasteiger partial charge in [-0.1, -0.05) is 41.9 Å². The van der Waals surface area contributed by atoms with Gasteiger partial charge in [-0.25, -0.2) is 4.68 Å². The van der Waals surface area contributed by atoms with Crippen LogP contribution in [0.2, 0.25) is 5.02 Å². The number of aromatic nitrogens is 2. The number of rotatable bonds is 3. The Morgan fingerprint density at radius 3 is 2.57 bits per heavy atom. The Labute approximate surface area is 128 Å². The average molecular weight is 299 g/mol. The van der Waals surface area contributed by atoms with Crippen LogP contribution < -0.4 is 0 Å². The molecule has 0 bridgehead atoms. The first-order valence-corrected chi connectivity index (χ1v) is 7.08. The molecule has 0 radical (unpaired) electrons. The molecule has 0 spiro atoms. The number of halogens is 1. The van der Waals surface area contributed by atoms with Crippen LogP contribution in [0.25, 0.3) is 5.69 Å². The molecule has 1 N–H and O–H groups in total. The lowest BCUT2D eigenvalue weighted by Crippen LogP contribution is -2.09. The molecule has 0 saturated heterocycles. The van der Waals surface area contributed by atoms with Crippen molar-refractivity contribution < 1.29 is 5.11 Å². The van der Waals surface area contributed by atoms with Gasteiger partial charge in [-0.3, -0.25) is 0 Å². The predicted molar refractivity (Wildman–Crippen MR) is 83.8 cm³/mol. The third kappa shape index (κ3) is 2.71. The molecular weight excluding hydrogens is 284 g/mol. The van der Waals surface area contributed by atoms with Crippen LogP contribution >= 0.6 is 11.6 Å². The van der Waals surface area contributed by atoms with Gasteiger partial charge < -0.3 is 5.11 Å². The standard InChI is InChI=1S/C17H15ClN2O/c1-12-7-8-14(15(18)11-12)17(21)16-9-10-19-20(16)13-5-3-2-4-6-13/h2-11,17,21H,1H3. The van der Waals surface area contributed by atoms with Crippen molar-refractivity contribution in [2.75, 3.05) is 0 Å². The van der Waals surface area contributed by atoms with E-state index >= 15 is 0 Å². The number of aryl methyl sites for hydroxylation is 1. The molecule has 0 aliphatic heterocycles. The number of benzene rings is 2. The van der Waals surface area contributed by atoms with E-state index in [1.165, 1.54) is 0 Å². The van der Waals surface area contributed by atoms with Gasteiger partial charge in [0, 0.05) is 16.8 Å². The molecule has 0 amide bonds.